The topological polar surface area (TPSA) is 44.7 Å². The highest BCUT2D eigenvalue weighted by molar-refractivity contribution is 6.02. The van der Waals surface area contributed by atoms with Gasteiger partial charge in [-0.15, -0.1) is 0 Å². The Hall–Kier alpha value is -2.88. The number of fused-ring (bicyclic) bond motifs is 1. The van der Waals surface area contributed by atoms with Crippen LogP contribution in [-0.2, 0) is 4.79 Å². The molecule has 0 bridgehead atoms. The molecule has 0 radical (unpaired) electrons. The average Bonchev–Trinajstić information content (AvgIpc) is 2.98. The van der Waals surface area contributed by atoms with E-state index in [1.54, 1.807) is 0 Å². The minimum Gasteiger partial charge on any atom is -0.324 e. The fraction of sp³-hybridized carbons (Fsp3) is 0.111. The van der Waals surface area contributed by atoms with Crippen LogP contribution in [0.5, 0.6) is 0 Å². The van der Waals surface area contributed by atoms with Gasteiger partial charge in [0.1, 0.15) is 12.1 Å². The zero-order valence-corrected chi connectivity index (χ0v) is 11.9. The predicted octanol–water partition coefficient (Wildman–Crippen LogP) is 2.65. The van der Waals surface area contributed by atoms with Crippen LogP contribution in [0.3, 0.4) is 0 Å². The maximum absolute atomic E-state index is 12.4. The summed E-state index contributed by atoms with van der Waals surface area (Å²) in [5.74, 6) is -0.291. The van der Waals surface area contributed by atoms with Gasteiger partial charge in [0, 0.05) is 11.9 Å². The second kappa shape index (κ2) is 5.15. The standard InChI is InChI=1S/C18H15N3O/c22-18-16-15(13-7-3-1-4-8-13)11-21(17(16)19-12-20-18)14-9-5-2-6-10-14/h1-12,16-17H,(H,19,20,22). The smallest absolute Gasteiger partial charge is 0.236 e. The number of hydrogen-bond acceptors (Lipinski definition) is 3. The van der Waals surface area contributed by atoms with E-state index < -0.39 is 0 Å². The van der Waals surface area contributed by atoms with Crippen LogP contribution in [0.1, 0.15) is 5.56 Å². The lowest BCUT2D eigenvalue weighted by molar-refractivity contribution is -0.122. The predicted molar refractivity (Wildman–Crippen MR) is 87.3 cm³/mol. The maximum Gasteiger partial charge on any atom is 0.236 e. The Morgan fingerprint density at radius 3 is 2.36 bits per heavy atom. The van der Waals surface area contributed by atoms with Crippen LogP contribution in [0.2, 0.25) is 0 Å². The normalized spacial score (nSPS) is 23.0. The van der Waals surface area contributed by atoms with Gasteiger partial charge < -0.3 is 10.2 Å². The maximum atomic E-state index is 12.4. The summed E-state index contributed by atoms with van der Waals surface area (Å²) in [6, 6.07) is 20.0. The van der Waals surface area contributed by atoms with Gasteiger partial charge in [0.05, 0.1) is 6.34 Å². The molecular formula is C18H15N3O. The van der Waals surface area contributed by atoms with E-state index >= 15 is 0 Å². The summed E-state index contributed by atoms with van der Waals surface area (Å²) in [4.78, 5) is 18.9. The van der Waals surface area contributed by atoms with Gasteiger partial charge in [-0.3, -0.25) is 4.79 Å². The summed E-state index contributed by atoms with van der Waals surface area (Å²) in [5, 5.41) is 2.73. The number of hydrogen-bond donors (Lipinski definition) is 1. The van der Waals surface area contributed by atoms with E-state index in [9.17, 15) is 4.79 Å². The van der Waals surface area contributed by atoms with E-state index in [2.05, 4.69) is 15.2 Å². The monoisotopic (exact) mass is 289 g/mol. The molecule has 0 aliphatic carbocycles. The first-order valence-electron chi connectivity index (χ1n) is 7.27. The third-order valence-electron chi connectivity index (χ3n) is 4.07. The molecule has 108 valence electrons. The molecule has 1 amide bonds. The molecule has 0 fully saturated rings. The van der Waals surface area contributed by atoms with Gasteiger partial charge in [0.2, 0.25) is 5.91 Å². The van der Waals surface area contributed by atoms with Gasteiger partial charge in [-0.2, -0.15) is 0 Å². The molecule has 2 unspecified atom stereocenters. The number of nitrogens with one attached hydrogen (secondary N) is 1. The first-order valence-corrected chi connectivity index (χ1v) is 7.27. The number of rotatable bonds is 2. The van der Waals surface area contributed by atoms with Crippen molar-refractivity contribution in [2.24, 2.45) is 10.9 Å². The third kappa shape index (κ3) is 2.00. The van der Waals surface area contributed by atoms with Crippen molar-refractivity contribution >= 4 is 23.5 Å². The molecular weight excluding hydrogens is 274 g/mol. The number of anilines is 1. The third-order valence-corrected chi connectivity index (χ3v) is 4.07. The van der Waals surface area contributed by atoms with Crippen molar-refractivity contribution in [3.05, 3.63) is 72.4 Å². The van der Waals surface area contributed by atoms with Crippen LogP contribution in [0.4, 0.5) is 5.69 Å². The highest BCUT2D eigenvalue weighted by Gasteiger charge is 2.42. The van der Waals surface area contributed by atoms with E-state index in [1.807, 2.05) is 66.9 Å². The van der Waals surface area contributed by atoms with Crippen LogP contribution in [0.15, 0.2) is 71.9 Å². The van der Waals surface area contributed by atoms with Crippen molar-refractivity contribution in [2.45, 2.75) is 6.17 Å². The summed E-state index contributed by atoms with van der Waals surface area (Å²) < 4.78 is 0. The first-order chi connectivity index (χ1) is 10.8. The van der Waals surface area contributed by atoms with E-state index in [4.69, 9.17) is 0 Å². The number of nitrogens with zero attached hydrogens (tertiary/aromatic N) is 2. The molecule has 0 saturated carbocycles. The van der Waals surface area contributed by atoms with Crippen LogP contribution in [0, 0.1) is 5.92 Å². The highest BCUT2D eigenvalue weighted by Crippen LogP contribution is 2.39. The second-order valence-electron chi connectivity index (χ2n) is 5.37. The van der Waals surface area contributed by atoms with E-state index in [-0.39, 0.29) is 18.0 Å². The molecule has 22 heavy (non-hydrogen) atoms. The molecule has 0 spiro atoms. The Labute approximate surface area is 128 Å². The van der Waals surface area contributed by atoms with Crippen LogP contribution in [-0.4, -0.2) is 18.4 Å². The quantitative estimate of drug-likeness (QED) is 0.923. The number of para-hydroxylation sites is 1. The van der Waals surface area contributed by atoms with Gasteiger partial charge in [-0.1, -0.05) is 48.5 Å². The Kier molecular flexibility index (Phi) is 3.00. The van der Waals surface area contributed by atoms with Gasteiger partial charge in [0.25, 0.3) is 0 Å². The fourth-order valence-corrected chi connectivity index (χ4v) is 3.04. The molecule has 0 aromatic heterocycles. The number of benzene rings is 2. The summed E-state index contributed by atoms with van der Waals surface area (Å²) in [6.45, 7) is 0. The van der Waals surface area contributed by atoms with Gasteiger partial charge in [-0.25, -0.2) is 4.99 Å². The fourth-order valence-electron chi connectivity index (χ4n) is 3.04. The van der Waals surface area contributed by atoms with Crippen LogP contribution >= 0.6 is 0 Å². The minimum atomic E-state index is -0.285. The van der Waals surface area contributed by atoms with Crippen molar-refractivity contribution in [1.82, 2.24) is 5.32 Å². The van der Waals surface area contributed by atoms with E-state index in [1.165, 1.54) is 6.34 Å². The first kappa shape index (κ1) is 12.8. The largest absolute Gasteiger partial charge is 0.324 e. The van der Waals surface area contributed by atoms with Gasteiger partial charge in [-0.05, 0) is 23.3 Å². The number of carbonyl (C=O) groups excluding carboxylic acids is 1. The molecule has 2 aromatic rings. The number of aliphatic imine (C=N–C) groups is 1. The van der Waals surface area contributed by atoms with E-state index in [0.717, 1.165) is 16.8 Å². The van der Waals surface area contributed by atoms with Gasteiger partial charge in [0.15, 0.2) is 0 Å². The highest BCUT2D eigenvalue weighted by atomic mass is 16.2. The van der Waals surface area contributed by atoms with E-state index in [0.29, 0.717) is 0 Å². The summed E-state index contributed by atoms with van der Waals surface area (Å²) >= 11 is 0. The lowest BCUT2D eigenvalue weighted by atomic mass is 9.92. The summed E-state index contributed by atoms with van der Waals surface area (Å²) in [6.07, 6.45) is 3.33. The lowest BCUT2D eigenvalue weighted by Crippen LogP contribution is -2.44. The molecule has 1 N–H and O–H groups in total. The zero-order chi connectivity index (χ0) is 14.9. The molecule has 2 aliphatic rings. The lowest BCUT2D eigenvalue weighted by Gasteiger charge is -2.28. The number of amides is 1. The molecule has 2 aliphatic heterocycles. The van der Waals surface area contributed by atoms with Crippen molar-refractivity contribution in [3.63, 3.8) is 0 Å². The van der Waals surface area contributed by atoms with Gasteiger partial charge >= 0.3 is 0 Å². The summed E-state index contributed by atoms with van der Waals surface area (Å²) in [7, 11) is 0. The molecule has 4 nitrogen and oxygen atoms in total. The SMILES string of the molecule is O=C1NC=NC2C1C(c1ccccc1)=CN2c1ccccc1. The van der Waals surface area contributed by atoms with Crippen molar-refractivity contribution in [2.75, 3.05) is 4.90 Å². The molecule has 2 heterocycles. The Morgan fingerprint density at radius 2 is 1.64 bits per heavy atom. The Morgan fingerprint density at radius 1 is 0.955 bits per heavy atom. The van der Waals surface area contributed by atoms with Crippen molar-refractivity contribution in [3.8, 4) is 0 Å². The average molecular weight is 289 g/mol. The minimum absolute atomic E-state index is 0.00599. The molecule has 2 atom stereocenters. The van der Waals surface area contributed by atoms with Crippen molar-refractivity contribution in [1.29, 1.82) is 0 Å². The zero-order valence-electron chi connectivity index (χ0n) is 11.9. The Bertz CT molecular complexity index is 752. The van der Waals surface area contributed by atoms with Crippen LogP contribution in [0.25, 0.3) is 5.57 Å². The summed E-state index contributed by atoms with van der Waals surface area (Å²) in [5.41, 5.74) is 3.10. The second-order valence-corrected chi connectivity index (χ2v) is 5.37. The molecule has 2 aromatic carbocycles. The van der Waals surface area contributed by atoms with Crippen molar-refractivity contribution < 1.29 is 4.79 Å². The van der Waals surface area contributed by atoms with Crippen LogP contribution < -0.4 is 10.2 Å². The molecule has 4 rings (SSSR count). The number of carbonyl (C=O) groups is 1. The Balaban J connectivity index is 1.83. The molecule has 0 saturated heterocycles. The molecule has 4 heteroatoms.